The lowest BCUT2D eigenvalue weighted by atomic mass is 9.94. The molecule has 6 nitrogen and oxygen atoms in total. The second-order valence-corrected chi connectivity index (χ2v) is 7.54. The van der Waals surface area contributed by atoms with E-state index in [9.17, 15) is 0 Å². The topological polar surface area (TPSA) is 58.1 Å². The molecule has 1 saturated heterocycles. The molecule has 29 heavy (non-hydrogen) atoms. The van der Waals surface area contributed by atoms with Gasteiger partial charge >= 0.3 is 0 Å². The van der Waals surface area contributed by atoms with E-state index in [0.29, 0.717) is 26.4 Å². The Morgan fingerprint density at radius 2 is 1.97 bits per heavy atom. The van der Waals surface area contributed by atoms with E-state index in [4.69, 9.17) is 9.47 Å². The van der Waals surface area contributed by atoms with E-state index in [1.165, 1.54) is 37.9 Å². The Bertz CT molecular complexity index is 604. The molecule has 2 rings (SSSR count). The number of likely N-dealkylation sites (tertiary alicyclic amines) is 1. The smallest absolute Gasteiger partial charge is 0.191 e. The molecule has 0 atom stereocenters. The Hall–Kier alpha value is -1.06. The number of hydrogen-bond donors (Lipinski definition) is 2. The van der Waals surface area contributed by atoms with Crippen molar-refractivity contribution in [2.45, 2.75) is 39.7 Å². The number of benzene rings is 1. The molecule has 0 bridgehead atoms. The highest BCUT2D eigenvalue weighted by Crippen LogP contribution is 2.20. The molecule has 0 spiro atoms. The average molecular weight is 518 g/mol. The zero-order valence-electron chi connectivity index (χ0n) is 18.5. The first-order valence-corrected chi connectivity index (χ1v) is 10.6. The summed E-state index contributed by atoms with van der Waals surface area (Å²) < 4.78 is 11.3. The van der Waals surface area contributed by atoms with Crippen molar-refractivity contribution < 1.29 is 9.47 Å². The van der Waals surface area contributed by atoms with Gasteiger partial charge in [-0.3, -0.25) is 4.99 Å². The van der Waals surface area contributed by atoms with Crippen LogP contribution >= 0.6 is 24.0 Å². The minimum Gasteiger partial charge on any atom is -0.491 e. The predicted octanol–water partition coefficient (Wildman–Crippen LogP) is 3.43. The van der Waals surface area contributed by atoms with Gasteiger partial charge in [0, 0.05) is 32.3 Å². The fourth-order valence-electron chi connectivity index (χ4n) is 3.44. The minimum absolute atomic E-state index is 0. The van der Waals surface area contributed by atoms with Gasteiger partial charge in [0.15, 0.2) is 5.96 Å². The summed E-state index contributed by atoms with van der Waals surface area (Å²) in [6, 6.07) is 6.31. The number of hydrogen-bond acceptors (Lipinski definition) is 4. The zero-order valence-corrected chi connectivity index (χ0v) is 20.8. The van der Waals surface area contributed by atoms with Gasteiger partial charge in [0.2, 0.25) is 0 Å². The van der Waals surface area contributed by atoms with Gasteiger partial charge < -0.3 is 25.0 Å². The van der Waals surface area contributed by atoms with Gasteiger partial charge in [-0.2, -0.15) is 0 Å². The zero-order chi connectivity index (χ0) is 20.2. The molecule has 0 saturated carbocycles. The summed E-state index contributed by atoms with van der Waals surface area (Å²) in [5, 5.41) is 6.86. The first-order valence-electron chi connectivity index (χ1n) is 10.6. The van der Waals surface area contributed by atoms with Crippen LogP contribution in [0.1, 0.15) is 37.3 Å². The fourth-order valence-corrected chi connectivity index (χ4v) is 3.44. The van der Waals surface area contributed by atoms with Gasteiger partial charge in [-0.15, -0.1) is 24.0 Å². The fraction of sp³-hybridized carbons (Fsp3) is 0.682. The van der Waals surface area contributed by atoms with Gasteiger partial charge in [-0.1, -0.05) is 12.1 Å². The number of aryl methyl sites for hydroxylation is 1. The van der Waals surface area contributed by atoms with Gasteiger partial charge in [-0.05, 0) is 70.8 Å². The lowest BCUT2D eigenvalue weighted by Crippen LogP contribution is -2.38. The Morgan fingerprint density at radius 3 is 2.66 bits per heavy atom. The molecule has 0 radical (unpaired) electrons. The van der Waals surface area contributed by atoms with Crippen molar-refractivity contribution >= 4 is 29.9 Å². The summed E-state index contributed by atoms with van der Waals surface area (Å²) in [4.78, 5) is 6.77. The lowest BCUT2D eigenvalue weighted by Gasteiger charge is -2.29. The van der Waals surface area contributed by atoms with Gasteiger partial charge in [0.05, 0.1) is 6.61 Å². The summed E-state index contributed by atoms with van der Waals surface area (Å²) in [5.41, 5.74) is 2.32. The molecule has 1 aromatic rings. The highest BCUT2D eigenvalue weighted by molar-refractivity contribution is 14.0. The van der Waals surface area contributed by atoms with Crippen LogP contribution in [-0.4, -0.2) is 64.4 Å². The second kappa shape index (κ2) is 14.8. The maximum Gasteiger partial charge on any atom is 0.191 e. The van der Waals surface area contributed by atoms with Crippen LogP contribution < -0.4 is 15.4 Å². The number of ether oxygens (including phenoxy) is 2. The number of halogens is 1. The van der Waals surface area contributed by atoms with Crippen LogP contribution in [0.25, 0.3) is 0 Å². The highest BCUT2D eigenvalue weighted by atomic mass is 127. The van der Waals surface area contributed by atoms with E-state index in [0.717, 1.165) is 29.7 Å². The van der Waals surface area contributed by atoms with Gasteiger partial charge in [0.25, 0.3) is 0 Å². The highest BCUT2D eigenvalue weighted by Gasteiger charge is 2.16. The third-order valence-electron chi connectivity index (χ3n) is 5.27. The van der Waals surface area contributed by atoms with Crippen LogP contribution in [0.2, 0.25) is 0 Å². The largest absolute Gasteiger partial charge is 0.491 e. The molecule has 0 unspecified atom stereocenters. The number of aliphatic imine (C=N–C) groups is 1. The third-order valence-corrected chi connectivity index (χ3v) is 5.27. The van der Waals surface area contributed by atoms with Crippen LogP contribution in [0.4, 0.5) is 0 Å². The van der Waals surface area contributed by atoms with Crippen LogP contribution in [0.5, 0.6) is 5.75 Å². The maximum atomic E-state index is 5.93. The van der Waals surface area contributed by atoms with Crippen molar-refractivity contribution in [1.82, 2.24) is 15.5 Å². The van der Waals surface area contributed by atoms with Crippen LogP contribution in [0.15, 0.2) is 23.2 Å². The number of rotatable bonds is 10. The van der Waals surface area contributed by atoms with E-state index in [-0.39, 0.29) is 24.0 Å². The molecule has 0 amide bonds. The minimum atomic E-state index is 0. The van der Waals surface area contributed by atoms with E-state index >= 15 is 0 Å². The van der Waals surface area contributed by atoms with Crippen LogP contribution in [0, 0.1) is 12.8 Å². The standard InChI is InChI=1S/C22H38N4O2.HI/c1-5-27-14-15-28-21-16-18(2)6-7-20(21)17-25-22(23-3)24-11-8-19-9-12-26(4)13-10-19;/h6-7,16,19H,5,8-15,17H2,1-4H3,(H2,23,24,25);1H. The third kappa shape index (κ3) is 10.00. The quantitative estimate of drug-likeness (QED) is 0.215. The van der Waals surface area contributed by atoms with E-state index in [2.05, 4.69) is 52.7 Å². The van der Waals surface area contributed by atoms with Crippen molar-refractivity contribution in [2.24, 2.45) is 10.9 Å². The van der Waals surface area contributed by atoms with Crippen LogP contribution in [0.3, 0.4) is 0 Å². The van der Waals surface area contributed by atoms with E-state index in [1.54, 1.807) is 0 Å². The Balaban J connectivity index is 0.00000420. The molecule has 1 aliphatic heterocycles. The molecule has 1 aliphatic rings. The maximum absolute atomic E-state index is 5.93. The molecular formula is C22H39IN4O2. The monoisotopic (exact) mass is 518 g/mol. The lowest BCUT2D eigenvalue weighted by molar-refractivity contribution is 0.110. The first-order chi connectivity index (χ1) is 13.6. The van der Waals surface area contributed by atoms with Crippen molar-refractivity contribution in [3.63, 3.8) is 0 Å². The SMILES string of the molecule is CCOCCOc1cc(C)ccc1CNC(=NC)NCCC1CCN(C)CC1.I. The van der Waals surface area contributed by atoms with Gasteiger partial charge in [-0.25, -0.2) is 0 Å². The summed E-state index contributed by atoms with van der Waals surface area (Å²) in [5.74, 6) is 2.58. The summed E-state index contributed by atoms with van der Waals surface area (Å²) in [7, 11) is 4.03. The number of nitrogens with one attached hydrogen (secondary N) is 2. The molecule has 1 aromatic carbocycles. The van der Waals surface area contributed by atoms with Crippen LogP contribution in [-0.2, 0) is 11.3 Å². The first kappa shape index (κ1) is 26.0. The van der Waals surface area contributed by atoms with Crippen molar-refractivity contribution in [2.75, 3.05) is 53.6 Å². The molecule has 0 aliphatic carbocycles. The molecule has 166 valence electrons. The summed E-state index contributed by atoms with van der Waals surface area (Å²) >= 11 is 0. The number of guanidine groups is 1. The number of piperidine rings is 1. The Labute approximate surface area is 193 Å². The molecule has 1 heterocycles. The van der Waals surface area contributed by atoms with Crippen molar-refractivity contribution in [3.8, 4) is 5.75 Å². The average Bonchev–Trinajstić information content (AvgIpc) is 2.70. The second-order valence-electron chi connectivity index (χ2n) is 7.54. The molecule has 1 fully saturated rings. The Kier molecular flexibility index (Phi) is 13.3. The molecule has 7 heteroatoms. The Morgan fingerprint density at radius 1 is 1.21 bits per heavy atom. The summed E-state index contributed by atoms with van der Waals surface area (Å²) in [6.45, 7) is 10.0. The normalized spacial score (nSPS) is 15.7. The van der Waals surface area contributed by atoms with Crippen molar-refractivity contribution in [1.29, 1.82) is 0 Å². The van der Waals surface area contributed by atoms with E-state index in [1.807, 2.05) is 14.0 Å². The van der Waals surface area contributed by atoms with Gasteiger partial charge in [0.1, 0.15) is 12.4 Å². The summed E-state index contributed by atoms with van der Waals surface area (Å²) in [6.07, 6.45) is 3.80. The molecule has 0 aromatic heterocycles. The van der Waals surface area contributed by atoms with E-state index < -0.39 is 0 Å². The molecule has 2 N–H and O–H groups in total. The number of nitrogens with zero attached hydrogens (tertiary/aromatic N) is 2. The van der Waals surface area contributed by atoms with Crippen molar-refractivity contribution in [3.05, 3.63) is 29.3 Å². The molecular weight excluding hydrogens is 479 g/mol. The predicted molar refractivity (Wildman–Crippen MR) is 132 cm³/mol.